The lowest BCUT2D eigenvalue weighted by molar-refractivity contribution is -0.132. The third kappa shape index (κ3) is 3.44. The van der Waals surface area contributed by atoms with E-state index in [9.17, 15) is 14.4 Å². The highest BCUT2D eigenvalue weighted by Gasteiger charge is 2.35. The number of carbonyl (C=O) groups is 3. The molecule has 1 aromatic heterocycles. The lowest BCUT2D eigenvalue weighted by Gasteiger charge is -2.34. The molecule has 0 aromatic carbocycles. The van der Waals surface area contributed by atoms with Crippen molar-refractivity contribution in [2.45, 2.75) is 32.2 Å². The molecular weight excluding hydrogens is 304 g/mol. The third-order valence-electron chi connectivity index (χ3n) is 3.55. The monoisotopic (exact) mass is 324 g/mol. The Morgan fingerprint density at radius 1 is 1.55 bits per heavy atom. The largest absolute Gasteiger partial charge is 0.359 e. The van der Waals surface area contributed by atoms with Gasteiger partial charge in [0, 0.05) is 25.5 Å². The Labute approximate surface area is 133 Å². The highest BCUT2D eigenvalue weighted by Crippen LogP contribution is 2.21. The molecule has 7 nitrogen and oxygen atoms in total. The van der Waals surface area contributed by atoms with E-state index < -0.39 is 6.04 Å². The molecule has 0 saturated carbocycles. The second-order valence-corrected chi connectivity index (χ2v) is 6.27. The molecule has 8 heteroatoms. The number of rotatable bonds is 4. The van der Waals surface area contributed by atoms with Crippen LogP contribution in [0.25, 0.3) is 0 Å². The van der Waals surface area contributed by atoms with Crippen LogP contribution in [0.15, 0.2) is 5.38 Å². The fourth-order valence-electron chi connectivity index (χ4n) is 2.21. The van der Waals surface area contributed by atoms with Crippen LogP contribution in [0.5, 0.6) is 0 Å². The molecule has 3 amide bonds. The van der Waals surface area contributed by atoms with Crippen LogP contribution in [-0.4, -0.2) is 53.8 Å². The fourth-order valence-corrected chi connectivity index (χ4v) is 3.14. The van der Waals surface area contributed by atoms with Crippen molar-refractivity contribution in [3.05, 3.63) is 16.1 Å². The van der Waals surface area contributed by atoms with E-state index in [2.05, 4.69) is 15.6 Å². The molecule has 22 heavy (non-hydrogen) atoms. The minimum Gasteiger partial charge on any atom is -0.359 e. The van der Waals surface area contributed by atoms with E-state index in [4.69, 9.17) is 0 Å². The molecule has 0 bridgehead atoms. The Balaban J connectivity index is 2.20. The van der Waals surface area contributed by atoms with Crippen LogP contribution in [0.2, 0.25) is 0 Å². The van der Waals surface area contributed by atoms with E-state index in [1.165, 1.54) is 23.3 Å². The van der Waals surface area contributed by atoms with Crippen molar-refractivity contribution in [2.24, 2.45) is 0 Å². The number of hydrogen-bond acceptors (Lipinski definition) is 5. The quantitative estimate of drug-likeness (QED) is 0.836. The number of carbonyl (C=O) groups excluding carboxylic acids is 3. The van der Waals surface area contributed by atoms with Gasteiger partial charge in [-0.2, -0.15) is 0 Å². The zero-order chi connectivity index (χ0) is 16.3. The molecule has 0 aliphatic carbocycles. The first-order valence-electron chi connectivity index (χ1n) is 7.18. The summed E-state index contributed by atoms with van der Waals surface area (Å²) in [5.41, 5.74) is 0.859. The predicted molar refractivity (Wildman–Crippen MR) is 82.7 cm³/mol. The second kappa shape index (κ2) is 6.87. The highest BCUT2D eigenvalue weighted by molar-refractivity contribution is 7.11. The molecule has 1 atom stereocenters. The minimum absolute atomic E-state index is 0.0452. The number of hydrogen-bond donors (Lipinski definition) is 2. The van der Waals surface area contributed by atoms with Gasteiger partial charge in [-0.15, -0.1) is 11.3 Å². The summed E-state index contributed by atoms with van der Waals surface area (Å²) in [5, 5.41) is 7.39. The van der Waals surface area contributed by atoms with E-state index in [-0.39, 0.29) is 30.1 Å². The Hall–Kier alpha value is -1.96. The van der Waals surface area contributed by atoms with Crippen molar-refractivity contribution in [1.29, 1.82) is 0 Å². The predicted octanol–water partition coefficient (Wildman–Crippen LogP) is 0.343. The summed E-state index contributed by atoms with van der Waals surface area (Å²) in [6.07, 6.45) is -0.0452. The SMILES string of the molecule is CNC(=O)CC1C(=O)NCCN1C(=O)c1nc(C(C)C)cs1. The summed E-state index contributed by atoms with van der Waals surface area (Å²) >= 11 is 1.27. The number of amides is 3. The maximum atomic E-state index is 12.6. The number of nitrogens with one attached hydrogen (secondary N) is 2. The topological polar surface area (TPSA) is 91.4 Å². The standard InChI is InChI=1S/C14H20N4O3S/c1-8(2)9-7-22-13(17-9)14(21)18-5-4-16-12(20)10(18)6-11(19)15-3/h7-8,10H,4-6H2,1-3H3,(H,15,19)(H,16,20). The first-order chi connectivity index (χ1) is 10.4. The summed E-state index contributed by atoms with van der Waals surface area (Å²) in [6, 6.07) is -0.785. The molecule has 2 N–H and O–H groups in total. The van der Waals surface area contributed by atoms with Crippen molar-refractivity contribution < 1.29 is 14.4 Å². The summed E-state index contributed by atoms with van der Waals surface area (Å²) in [7, 11) is 1.50. The Bertz CT molecular complexity index is 584. The fraction of sp³-hybridized carbons (Fsp3) is 0.571. The molecule has 1 aliphatic heterocycles. The molecule has 2 rings (SSSR count). The lowest BCUT2D eigenvalue weighted by Crippen LogP contribution is -2.58. The Morgan fingerprint density at radius 2 is 2.27 bits per heavy atom. The highest BCUT2D eigenvalue weighted by atomic mass is 32.1. The van der Waals surface area contributed by atoms with Crippen LogP contribution in [0, 0.1) is 0 Å². The number of aromatic nitrogens is 1. The Kier molecular flexibility index (Phi) is 5.12. The maximum absolute atomic E-state index is 12.6. The van der Waals surface area contributed by atoms with Crippen LogP contribution in [0.3, 0.4) is 0 Å². The van der Waals surface area contributed by atoms with Crippen LogP contribution in [0.1, 0.15) is 41.7 Å². The number of thiazole rings is 1. The van der Waals surface area contributed by atoms with Crippen LogP contribution < -0.4 is 10.6 Å². The van der Waals surface area contributed by atoms with E-state index in [1.807, 2.05) is 19.2 Å². The third-order valence-corrected chi connectivity index (χ3v) is 4.39. The van der Waals surface area contributed by atoms with Gasteiger partial charge in [0.15, 0.2) is 5.01 Å². The minimum atomic E-state index is -0.785. The first-order valence-corrected chi connectivity index (χ1v) is 8.06. The van der Waals surface area contributed by atoms with Crippen molar-refractivity contribution in [3.8, 4) is 0 Å². The van der Waals surface area contributed by atoms with Crippen molar-refractivity contribution >= 4 is 29.1 Å². The molecule has 2 heterocycles. The van der Waals surface area contributed by atoms with Crippen molar-refractivity contribution in [2.75, 3.05) is 20.1 Å². The normalized spacial score (nSPS) is 18.3. The van der Waals surface area contributed by atoms with Crippen LogP contribution in [0.4, 0.5) is 0 Å². The lowest BCUT2D eigenvalue weighted by atomic mass is 10.1. The van der Waals surface area contributed by atoms with Gasteiger partial charge in [-0.05, 0) is 5.92 Å². The molecule has 1 unspecified atom stereocenters. The van der Waals surface area contributed by atoms with E-state index in [1.54, 1.807) is 0 Å². The van der Waals surface area contributed by atoms with Gasteiger partial charge in [0.1, 0.15) is 6.04 Å². The van der Waals surface area contributed by atoms with E-state index >= 15 is 0 Å². The summed E-state index contributed by atoms with van der Waals surface area (Å²) in [4.78, 5) is 42.0. The van der Waals surface area contributed by atoms with Gasteiger partial charge < -0.3 is 15.5 Å². The summed E-state index contributed by atoms with van der Waals surface area (Å²) < 4.78 is 0. The number of nitrogens with zero attached hydrogens (tertiary/aromatic N) is 2. The maximum Gasteiger partial charge on any atom is 0.283 e. The average molecular weight is 324 g/mol. The molecule has 1 aliphatic rings. The molecule has 1 fully saturated rings. The first kappa shape index (κ1) is 16.4. The summed E-state index contributed by atoms with van der Waals surface area (Å²) in [5.74, 6) is -0.629. The van der Waals surface area contributed by atoms with Crippen LogP contribution in [-0.2, 0) is 9.59 Å². The van der Waals surface area contributed by atoms with E-state index in [0.717, 1.165) is 5.69 Å². The van der Waals surface area contributed by atoms with Gasteiger partial charge >= 0.3 is 0 Å². The van der Waals surface area contributed by atoms with Crippen LogP contribution >= 0.6 is 11.3 Å². The average Bonchev–Trinajstić information content (AvgIpc) is 2.98. The van der Waals surface area contributed by atoms with Gasteiger partial charge in [-0.1, -0.05) is 13.8 Å². The van der Waals surface area contributed by atoms with E-state index in [0.29, 0.717) is 18.1 Å². The molecular formula is C14H20N4O3S. The zero-order valence-electron chi connectivity index (χ0n) is 12.9. The van der Waals surface area contributed by atoms with Crippen molar-refractivity contribution in [1.82, 2.24) is 20.5 Å². The van der Waals surface area contributed by atoms with Gasteiger partial charge in [-0.3, -0.25) is 14.4 Å². The Morgan fingerprint density at radius 3 is 2.86 bits per heavy atom. The van der Waals surface area contributed by atoms with Gasteiger partial charge in [0.2, 0.25) is 11.8 Å². The summed E-state index contributed by atoms with van der Waals surface area (Å²) in [6.45, 7) is 4.78. The smallest absolute Gasteiger partial charge is 0.283 e. The molecule has 0 radical (unpaired) electrons. The molecule has 120 valence electrons. The molecule has 1 aromatic rings. The number of piperazine rings is 1. The zero-order valence-corrected chi connectivity index (χ0v) is 13.7. The van der Waals surface area contributed by atoms with Gasteiger partial charge in [0.25, 0.3) is 5.91 Å². The van der Waals surface area contributed by atoms with Gasteiger partial charge in [0.05, 0.1) is 12.1 Å². The second-order valence-electron chi connectivity index (χ2n) is 5.41. The van der Waals surface area contributed by atoms with Gasteiger partial charge in [-0.25, -0.2) is 4.98 Å². The van der Waals surface area contributed by atoms with Crippen molar-refractivity contribution in [3.63, 3.8) is 0 Å². The molecule has 1 saturated heterocycles. The molecule has 0 spiro atoms.